The third kappa shape index (κ3) is 3.30. The Hall–Kier alpha value is -3.02. The van der Waals surface area contributed by atoms with E-state index in [1.165, 1.54) is 0 Å². The lowest BCUT2D eigenvalue weighted by molar-refractivity contribution is -0.123. The van der Waals surface area contributed by atoms with E-state index in [1.54, 1.807) is 39.0 Å². The summed E-state index contributed by atoms with van der Waals surface area (Å²) in [7, 11) is 0. The lowest BCUT2D eigenvalue weighted by Gasteiger charge is -2.29. The van der Waals surface area contributed by atoms with E-state index in [1.807, 2.05) is 13.0 Å². The number of amides is 1. The van der Waals surface area contributed by atoms with Gasteiger partial charge in [0.15, 0.2) is 11.5 Å². The highest BCUT2D eigenvalue weighted by atomic mass is 19.1. The molecular formula is C22H21F2NO3. The first-order valence-electron chi connectivity index (χ1n) is 8.85. The maximum Gasteiger partial charge on any atom is 0.294 e. The average molecular weight is 385 g/mol. The summed E-state index contributed by atoms with van der Waals surface area (Å²) in [6, 6.07) is 8.87. The van der Waals surface area contributed by atoms with Gasteiger partial charge in [0.05, 0.1) is 17.3 Å². The first kappa shape index (κ1) is 19.7. The first-order valence-corrected chi connectivity index (χ1v) is 8.85. The van der Waals surface area contributed by atoms with E-state index in [0.29, 0.717) is 11.6 Å². The van der Waals surface area contributed by atoms with Gasteiger partial charge in [-0.1, -0.05) is 50.6 Å². The van der Waals surface area contributed by atoms with Gasteiger partial charge in [0.25, 0.3) is 5.91 Å². The fraction of sp³-hybridized carbons (Fsp3) is 0.273. The number of aliphatic hydroxyl groups excluding tert-OH is 1. The fourth-order valence-corrected chi connectivity index (χ4v) is 3.32. The minimum absolute atomic E-state index is 0.0909. The molecule has 1 unspecified atom stereocenters. The van der Waals surface area contributed by atoms with E-state index in [0.717, 1.165) is 22.6 Å². The van der Waals surface area contributed by atoms with Crippen molar-refractivity contribution in [1.82, 2.24) is 0 Å². The molecule has 3 rings (SSSR count). The SMILES string of the molecule is Cc1cccc(C2C(C(=O)C(C)(C)C)=C(O)C(=O)N2c2ccc(F)cc2F)c1. The molecule has 146 valence electrons. The summed E-state index contributed by atoms with van der Waals surface area (Å²) in [5.41, 5.74) is 0.253. The van der Waals surface area contributed by atoms with Crippen molar-refractivity contribution in [2.75, 3.05) is 4.90 Å². The summed E-state index contributed by atoms with van der Waals surface area (Å²) >= 11 is 0. The molecule has 1 N–H and O–H groups in total. The number of halogens is 2. The van der Waals surface area contributed by atoms with Gasteiger partial charge in [-0.3, -0.25) is 14.5 Å². The molecule has 0 spiro atoms. The molecule has 0 fully saturated rings. The van der Waals surface area contributed by atoms with Gasteiger partial charge in [-0.25, -0.2) is 8.78 Å². The summed E-state index contributed by atoms with van der Waals surface area (Å²) in [4.78, 5) is 26.9. The minimum Gasteiger partial charge on any atom is -0.503 e. The van der Waals surface area contributed by atoms with Crippen LogP contribution in [-0.2, 0) is 9.59 Å². The Balaban J connectivity index is 2.25. The summed E-state index contributed by atoms with van der Waals surface area (Å²) in [6.07, 6.45) is 0. The lowest BCUT2D eigenvalue weighted by Crippen LogP contribution is -2.33. The first-order chi connectivity index (χ1) is 13.0. The molecule has 1 amide bonds. The van der Waals surface area contributed by atoms with Crippen LogP contribution < -0.4 is 4.90 Å². The molecule has 0 bridgehead atoms. The van der Waals surface area contributed by atoms with Gasteiger partial charge in [-0.15, -0.1) is 0 Å². The van der Waals surface area contributed by atoms with Crippen LogP contribution in [0.4, 0.5) is 14.5 Å². The van der Waals surface area contributed by atoms with Gasteiger partial charge in [-0.2, -0.15) is 0 Å². The zero-order valence-electron chi connectivity index (χ0n) is 16.1. The summed E-state index contributed by atoms with van der Waals surface area (Å²) in [5.74, 6) is -3.78. The van der Waals surface area contributed by atoms with Crippen molar-refractivity contribution in [2.45, 2.75) is 33.7 Å². The van der Waals surface area contributed by atoms with Crippen molar-refractivity contribution >= 4 is 17.4 Å². The Morgan fingerprint density at radius 3 is 2.36 bits per heavy atom. The predicted octanol–water partition coefficient (Wildman–Crippen LogP) is 4.79. The van der Waals surface area contributed by atoms with Gasteiger partial charge in [0.1, 0.15) is 11.6 Å². The Morgan fingerprint density at radius 1 is 1.11 bits per heavy atom. The largest absolute Gasteiger partial charge is 0.503 e. The zero-order valence-corrected chi connectivity index (χ0v) is 16.1. The number of nitrogens with zero attached hydrogens (tertiary/aromatic N) is 1. The fourth-order valence-electron chi connectivity index (χ4n) is 3.32. The number of hydrogen-bond donors (Lipinski definition) is 1. The van der Waals surface area contributed by atoms with Gasteiger partial charge < -0.3 is 5.11 Å². The highest BCUT2D eigenvalue weighted by Gasteiger charge is 2.47. The normalized spacial score (nSPS) is 17.4. The third-order valence-corrected chi connectivity index (χ3v) is 4.66. The van der Waals surface area contributed by atoms with E-state index in [2.05, 4.69) is 0 Å². The van der Waals surface area contributed by atoms with Gasteiger partial charge in [0, 0.05) is 11.5 Å². The summed E-state index contributed by atoms with van der Waals surface area (Å²) in [5, 5.41) is 10.5. The van der Waals surface area contributed by atoms with Crippen molar-refractivity contribution in [3.05, 3.63) is 76.6 Å². The van der Waals surface area contributed by atoms with Crippen LogP contribution >= 0.6 is 0 Å². The average Bonchev–Trinajstić information content (AvgIpc) is 2.85. The smallest absolute Gasteiger partial charge is 0.294 e. The second kappa shape index (κ2) is 6.86. The van der Waals surface area contributed by atoms with Crippen LogP contribution in [0.25, 0.3) is 0 Å². The van der Waals surface area contributed by atoms with Crippen molar-refractivity contribution in [1.29, 1.82) is 0 Å². The molecule has 1 aliphatic rings. The quantitative estimate of drug-likeness (QED) is 0.827. The van der Waals surface area contributed by atoms with Crippen LogP contribution in [0, 0.1) is 24.0 Å². The van der Waals surface area contributed by atoms with Crippen molar-refractivity contribution in [3.63, 3.8) is 0 Å². The number of Topliss-reactive ketones (excluding diaryl/α,β-unsaturated/α-hetero) is 1. The van der Waals surface area contributed by atoms with Crippen molar-refractivity contribution in [3.8, 4) is 0 Å². The Bertz CT molecular complexity index is 1010. The van der Waals surface area contributed by atoms with Crippen LogP contribution in [0.15, 0.2) is 53.8 Å². The van der Waals surface area contributed by atoms with Crippen LogP contribution in [-0.4, -0.2) is 16.8 Å². The second-order valence-corrected chi connectivity index (χ2v) is 7.93. The molecule has 0 aromatic heterocycles. The van der Waals surface area contributed by atoms with Crippen LogP contribution in [0.2, 0.25) is 0 Å². The topological polar surface area (TPSA) is 57.6 Å². The highest BCUT2D eigenvalue weighted by molar-refractivity contribution is 6.17. The van der Waals surface area contributed by atoms with E-state index in [-0.39, 0.29) is 11.3 Å². The van der Waals surface area contributed by atoms with Gasteiger partial charge in [-0.05, 0) is 24.6 Å². The molecule has 0 saturated carbocycles. The molecule has 0 saturated heterocycles. The third-order valence-electron chi connectivity index (χ3n) is 4.66. The van der Waals surface area contributed by atoms with E-state index < -0.39 is 40.5 Å². The van der Waals surface area contributed by atoms with Crippen molar-refractivity contribution in [2.24, 2.45) is 5.41 Å². The zero-order chi connectivity index (χ0) is 20.8. The Kier molecular flexibility index (Phi) is 4.83. The molecule has 0 aliphatic carbocycles. The predicted molar refractivity (Wildman–Crippen MR) is 102 cm³/mol. The van der Waals surface area contributed by atoms with Crippen LogP contribution in [0.3, 0.4) is 0 Å². The number of carbonyl (C=O) groups excluding carboxylic acids is 2. The Morgan fingerprint density at radius 2 is 1.79 bits per heavy atom. The maximum absolute atomic E-state index is 14.5. The molecule has 28 heavy (non-hydrogen) atoms. The number of hydrogen-bond acceptors (Lipinski definition) is 3. The molecule has 1 aliphatic heterocycles. The number of carbonyl (C=O) groups is 2. The molecule has 2 aromatic rings. The number of aliphatic hydroxyl groups is 1. The number of ketones is 1. The minimum atomic E-state index is -1.01. The monoisotopic (exact) mass is 385 g/mol. The van der Waals surface area contributed by atoms with Gasteiger partial charge in [0.2, 0.25) is 0 Å². The second-order valence-electron chi connectivity index (χ2n) is 7.93. The number of rotatable bonds is 3. The molecule has 1 atom stereocenters. The van der Waals surface area contributed by atoms with E-state index >= 15 is 0 Å². The number of aryl methyl sites for hydroxylation is 1. The van der Waals surface area contributed by atoms with Crippen LogP contribution in [0.5, 0.6) is 0 Å². The van der Waals surface area contributed by atoms with Crippen LogP contribution in [0.1, 0.15) is 37.9 Å². The Labute approximate surface area is 162 Å². The molecule has 4 nitrogen and oxygen atoms in total. The molecule has 2 aromatic carbocycles. The molecule has 0 radical (unpaired) electrons. The van der Waals surface area contributed by atoms with Crippen molar-refractivity contribution < 1.29 is 23.5 Å². The van der Waals surface area contributed by atoms with E-state index in [9.17, 15) is 23.5 Å². The van der Waals surface area contributed by atoms with Gasteiger partial charge >= 0.3 is 0 Å². The molecule has 1 heterocycles. The number of benzene rings is 2. The molecule has 6 heteroatoms. The van der Waals surface area contributed by atoms with E-state index in [4.69, 9.17) is 0 Å². The summed E-state index contributed by atoms with van der Waals surface area (Å²) < 4.78 is 27.9. The highest BCUT2D eigenvalue weighted by Crippen LogP contribution is 2.44. The number of anilines is 1. The standard InChI is InChI=1S/C22H21F2NO3/c1-12-6-5-7-13(10-12)18-17(20(27)22(2,3)4)19(26)21(28)25(18)16-9-8-14(23)11-15(16)24/h5-11,18,26H,1-4H3. The molecular weight excluding hydrogens is 364 g/mol. The summed E-state index contributed by atoms with van der Waals surface area (Å²) in [6.45, 7) is 6.87. The lowest BCUT2D eigenvalue weighted by atomic mass is 9.82. The maximum atomic E-state index is 14.5.